The number of carbonyl (C=O) groups excluding carboxylic acids is 2. The SMILES string of the molecule is CC(C)(C)OC(=O)N1CCC[C@@H]1COc1ccc(C(=O)c2ccc(-c3ccsc3)cc2)cc1. The zero-order valence-electron chi connectivity index (χ0n) is 19.2. The van der Waals surface area contributed by atoms with E-state index in [9.17, 15) is 9.59 Å². The predicted octanol–water partition coefficient (Wildman–Crippen LogP) is 6.42. The number of hydrogen-bond donors (Lipinski definition) is 0. The summed E-state index contributed by atoms with van der Waals surface area (Å²) in [6.45, 7) is 6.69. The Morgan fingerprint density at radius 3 is 2.24 bits per heavy atom. The standard InChI is InChI=1S/C27H29NO4S/c1-27(2,3)32-26(30)28-15-4-5-23(28)17-31-24-12-10-21(11-13-24)25(29)20-8-6-19(7-9-20)22-14-16-33-18-22/h6-14,16,18,23H,4-5,15,17H2,1-3H3/t23-/m1/s1. The molecule has 3 aromatic rings. The number of nitrogens with zero attached hydrogens (tertiary/aromatic N) is 1. The van der Waals surface area contributed by atoms with Gasteiger partial charge in [-0.2, -0.15) is 11.3 Å². The Morgan fingerprint density at radius 1 is 0.970 bits per heavy atom. The van der Waals surface area contributed by atoms with Crippen LogP contribution < -0.4 is 4.74 Å². The Balaban J connectivity index is 1.34. The van der Waals surface area contributed by atoms with Gasteiger partial charge in [0.15, 0.2) is 5.78 Å². The van der Waals surface area contributed by atoms with E-state index in [2.05, 4.69) is 11.4 Å². The van der Waals surface area contributed by atoms with Crippen LogP contribution in [0.1, 0.15) is 49.5 Å². The van der Waals surface area contributed by atoms with Gasteiger partial charge in [0.25, 0.3) is 0 Å². The van der Waals surface area contributed by atoms with Crippen molar-refractivity contribution in [1.29, 1.82) is 0 Å². The molecule has 2 aromatic carbocycles. The molecule has 1 fully saturated rings. The van der Waals surface area contributed by atoms with Crippen molar-refractivity contribution in [1.82, 2.24) is 4.90 Å². The van der Waals surface area contributed by atoms with Gasteiger partial charge in [0, 0.05) is 17.7 Å². The second-order valence-electron chi connectivity index (χ2n) is 9.22. The van der Waals surface area contributed by atoms with Crippen LogP contribution in [-0.4, -0.2) is 41.6 Å². The number of thiophene rings is 1. The van der Waals surface area contributed by atoms with E-state index in [0.717, 1.165) is 24.0 Å². The largest absolute Gasteiger partial charge is 0.491 e. The molecule has 0 N–H and O–H groups in total. The first-order valence-corrected chi connectivity index (χ1v) is 12.1. The zero-order chi connectivity index (χ0) is 23.4. The van der Waals surface area contributed by atoms with Crippen LogP contribution in [0.3, 0.4) is 0 Å². The minimum absolute atomic E-state index is 0.0112. The molecule has 1 aromatic heterocycles. The zero-order valence-corrected chi connectivity index (χ0v) is 20.1. The summed E-state index contributed by atoms with van der Waals surface area (Å²) in [5.74, 6) is 0.653. The average Bonchev–Trinajstić information content (AvgIpc) is 3.49. The van der Waals surface area contributed by atoms with Crippen LogP contribution in [0.15, 0.2) is 65.4 Å². The summed E-state index contributed by atoms with van der Waals surface area (Å²) in [4.78, 5) is 27.0. The maximum atomic E-state index is 12.9. The van der Waals surface area contributed by atoms with Crippen molar-refractivity contribution in [2.24, 2.45) is 0 Å². The minimum atomic E-state index is -0.516. The Bertz CT molecular complexity index is 1080. The van der Waals surface area contributed by atoms with Crippen LogP contribution in [0.4, 0.5) is 4.79 Å². The molecular formula is C27H29NO4S. The fraction of sp³-hybridized carbons (Fsp3) is 0.333. The highest BCUT2D eigenvalue weighted by molar-refractivity contribution is 7.08. The van der Waals surface area contributed by atoms with Crippen LogP contribution in [0, 0.1) is 0 Å². The number of carbonyl (C=O) groups is 2. The summed E-state index contributed by atoms with van der Waals surface area (Å²) >= 11 is 1.65. The second kappa shape index (κ2) is 9.79. The molecule has 0 saturated carbocycles. The molecule has 0 radical (unpaired) electrons. The second-order valence-corrected chi connectivity index (χ2v) is 10.0. The van der Waals surface area contributed by atoms with Gasteiger partial charge in [-0.05, 0) is 85.8 Å². The number of amides is 1. The fourth-order valence-electron chi connectivity index (χ4n) is 3.87. The lowest BCUT2D eigenvalue weighted by Gasteiger charge is -2.28. The van der Waals surface area contributed by atoms with E-state index in [1.165, 1.54) is 0 Å². The fourth-order valence-corrected chi connectivity index (χ4v) is 4.54. The van der Waals surface area contributed by atoms with Gasteiger partial charge in [0.05, 0.1) is 6.04 Å². The lowest BCUT2D eigenvalue weighted by atomic mass is 10.0. The molecular weight excluding hydrogens is 434 g/mol. The quantitative estimate of drug-likeness (QED) is 0.396. The molecule has 2 heterocycles. The number of likely N-dealkylation sites (tertiary alicyclic amines) is 1. The minimum Gasteiger partial charge on any atom is -0.491 e. The van der Waals surface area contributed by atoms with Crippen molar-refractivity contribution >= 4 is 23.2 Å². The molecule has 4 rings (SSSR count). The molecule has 0 spiro atoms. The highest BCUT2D eigenvalue weighted by atomic mass is 32.1. The number of rotatable bonds is 6. The molecule has 1 amide bonds. The molecule has 33 heavy (non-hydrogen) atoms. The first-order valence-electron chi connectivity index (χ1n) is 11.2. The number of hydrogen-bond acceptors (Lipinski definition) is 5. The Kier molecular flexibility index (Phi) is 6.84. The third kappa shape index (κ3) is 5.82. The van der Waals surface area contributed by atoms with E-state index < -0.39 is 5.60 Å². The number of benzene rings is 2. The molecule has 1 aliphatic rings. The summed E-state index contributed by atoms with van der Waals surface area (Å²) in [5, 5.41) is 4.13. The van der Waals surface area contributed by atoms with Gasteiger partial charge in [-0.15, -0.1) is 0 Å². The number of ether oxygens (including phenoxy) is 2. The van der Waals surface area contributed by atoms with Crippen LogP contribution >= 0.6 is 11.3 Å². The molecule has 1 atom stereocenters. The van der Waals surface area contributed by atoms with E-state index in [0.29, 0.717) is 30.0 Å². The molecule has 0 bridgehead atoms. The van der Waals surface area contributed by atoms with Crippen molar-refractivity contribution in [3.05, 3.63) is 76.5 Å². The van der Waals surface area contributed by atoms with E-state index >= 15 is 0 Å². The van der Waals surface area contributed by atoms with Crippen LogP contribution in [0.2, 0.25) is 0 Å². The van der Waals surface area contributed by atoms with E-state index in [1.807, 2.05) is 50.4 Å². The summed E-state index contributed by atoms with van der Waals surface area (Å²) in [6, 6.07) is 16.9. The van der Waals surface area contributed by atoms with Crippen LogP contribution in [0.5, 0.6) is 5.75 Å². The third-order valence-corrected chi connectivity index (χ3v) is 6.25. The van der Waals surface area contributed by atoms with Gasteiger partial charge >= 0.3 is 6.09 Å². The molecule has 1 aliphatic heterocycles. The molecule has 0 aliphatic carbocycles. The normalized spacial score (nSPS) is 16.0. The summed E-state index contributed by atoms with van der Waals surface area (Å²) in [6.07, 6.45) is 1.53. The first kappa shape index (κ1) is 23.1. The van der Waals surface area contributed by atoms with Crippen molar-refractivity contribution in [2.75, 3.05) is 13.2 Å². The molecule has 172 valence electrons. The summed E-state index contributed by atoms with van der Waals surface area (Å²) in [7, 11) is 0. The van der Waals surface area contributed by atoms with Crippen LogP contribution in [-0.2, 0) is 4.74 Å². The van der Waals surface area contributed by atoms with Crippen LogP contribution in [0.25, 0.3) is 11.1 Å². The lowest BCUT2D eigenvalue weighted by molar-refractivity contribution is 0.0187. The van der Waals surface area contributed by atoms with Crippen molar-refractivity contribution in [3.8, 4) is 16.9 Å². The van der Waals surface area contributed by atoms with Gasteiger partial charge < -0.3 is 14.4 Å². The Labute approximate surface area is 199 Å². The first-order chi connectivity index (χ1) is 15.8. The van der Waals surface area contributed by atoms with Gasteiger partial charge in [-0.3, -0.25) is 4.79 Å². The Morgan fingerprint density at radius 2 is 1.64 bits per heavy atom. The van der Waals surface area contributed by atoms with E-state index in [-0.39, 0.29) is 17.9 Å². The predicted molar refractivity (Wildman–Crippen MR) is 131 cm³/mol. The van der Waals surface area contributed by atoms with Gasteiger partial charge in [-0.1, -0.05) is 24.3 Å². The molecule has 6 heteroatoms. The highest BCUT2D eigenvalue weighted by Gasteiger charge is 2.32. The maximum absolute atomic E-state index is 12.9. The smallest absolute Gasteiger partial charge is 0.410 e. The lowest BCUT2D eigenvalue weighted by Crippen LogP contribution is -2.42. The molecule has 0 unspecified atom stereocenters. The average molecular weight is 464 g/mol. The topological polar surface area (TPSA) is 55.8 Å². The Hall–Kier alpha value is -3.12. The van der Waals surface area contributed by atoms with Crippen molar-refractivity contribution in [2.45, 2.75) is 45.3 Å². The monoisotopic (exact) mass is 463 g/mol. The number of ketones is 1. The summed E-state index contributed by atoms with van der Waals surface area (Å²) < 4.78 is 11.4. The highest BCUT2D eigenvalue weighted by Crippen LogP contribution is 2.25. The maximum Gasteiger partial charge on any atom is 0.410 e. The summed E-state index contributed by atoms with van der Waals surface area (Å²) in [5.41, 5.74) is 3.01. The van der Waals surface area contributed by atoms with Gasteiger partial charge in [0.1, 0.15) is 18.0 Å². The van der Waals surface area contributed by atoms with Gasteiger partial charge in [-0.25, -0.2) is 4.79 Å². The van der Waals surface area contributed by atoms with Gasteiger partial charge in [0.2, 0.25) is 0 Å². The molecule has 1 saturated heterocycles. The van der Waals surface area contributed by atoms with Crippen molar-refractivity contribution in [3.63, 3.8) is 0 Å². The van der Waals surface area contributed by atoms with E-state index in [4.69, 9.17) is 9.47 Å². The molecule has 5 nitrogen and oxygen atoms in total. The van der Waals surface area contributed by atoms with E-state index in [1.54, 1.807) is 40.5 Å². The van der Waals surface area contributed by atoms with Crippen molar-refractivity contribution < 1.29 is 19.1 Å². The third-order valence-electron chi connectivity index (χ3n) is 5.57.